The van der Waals surface area contributed by atoms with Crippen molar-refractivity contribution < 1.29 is 24.0 Å². The average Bonchev–Trinajstić information content (AvgIpc) is 3.17. The summed E-state index contributed by atoms with van der Waals surface area (Å²) in [6.07, 6.45) is 3.02. The SMILES string of the molecule is CCCCc1noc(C)c1CCc1nc(C)c(C(=O)OC(CO)C(N)=O)s1. The highest BCUT2D eigenvalue weighted by Gasteiger charge is 2.24. The van der Waals surface area contributed by atoms with Gasteiger partial charge in [0.2, 0.25) is 6.10 Å². The van der Waals surface area contributed by atoms with E-state index >= 15 is 0 Å². The highest BCUT2D eigenvalue weighted by molar-refractivity contribution is 7.13. The molecular formula is C18H25N3O5S. The maximum Gasteiger partial charge on any atom is 0.351 e. The van der Waals surface area contributed by atoms with Crippen LogP contribution in [0.25, 0.3) is 0 Å². The Hall–Kier alpha value is -2.26. The molecule has 148 valence electrons. The van der Waals surface area contributed by atoms with Crippen LogP contribution in [0.15, 0.2) is 4.52 Å². The number of aliphatic hydroxyl groups is 1. The average molecular weight is 395 g/mol. The predicted molar refractivity (Wildman–Crippen MR) is 99.6 cm³/mol. The molecule has 1 atom stereocenters. The highest BCUT2D eigenvalue weighted by Crippen LogP contribution is 2.23. The molecule has 0 saturated carbocycles. The lowest BCUT2D eigenvalue weighted by molar-refractivity contribution is -0.128. The topological polar surface area (TPSA) is 129 Å². The minimum atomic E-state index is -1.36. The second kappa shape index (κ2) is 9.61. The van der Waals surface area contributed by atoms with Gasteiger partial charge in [-0.05, 0) is 33.1 Å². The molecule has 2 aromatic rings. The summed E-state index contributed by atoms with van der Waals surface area (Å²) in [5.74, 6) is -0.795. The summed E-state index contributed by atoms with van der Waals surface area (Å²) < 4.78 is 10.3. The first kappa shape index (κ1) is 21.0. The Labute approximate surface area is 161 Å². The first-order valence-corrected chi connectivity index (χ1v) is 9.70. The molecule has 2 heterocycles. The molecule has 27 heavy (non-hydrogen) atoms. The summed E-state index contributed by atoms with van der Waals surface area (Å²) in [5.41, 5.74) is 7.67. The van der Waals surface area contributed by atoms with Crippen molar-refractivity contribution in [3.63, 3.8) is 0 Å². The van der Waals surface area contributed by atoms with Crippen LogP contribution in [0.5, 0.6) is 0 Å². The molecule has 0 aliphatic rings. The number of carbonyl (C=O) groups excluding carboxylic acids is 2. The smallest absolute Gasteiger partial charge is 0.351 e. The number of aliphatic hydroxyl groups excluding tert-OH is 1. The number of thiazole rings is 1. The number of unbranched alkanes of at least 4 members (excludes halogenated alkanes) is 1. The summed E-state index contributed by atoms with van der Waals surface area (Å²) in [5, 5.41) is 14.0. The van der Waals surface area contributed by atoms with E-state index in [-0.39, 0.29) is 0 Å². The molecule has 0 radical (unpaired) electrons. The lowest BCUT2D eigenvalue weighted by atomic mass is 10.0. The van der Waals surface area contributed by atoms with Crippen LogP contribution >= 0.6 is 11.3 Å². The van der Waals surface area contributed by atoms with Crippen LogP contribution < -0.4 is 5.73 Å². The lowest BCUT2D eigenvalue weighted by Gasteiger charge is -2.10. The molecule has 0 saturated heterocycles. The summed E-state index contributed by atoms with van der Waals surface area (Å²) in [6.45, 7) is 5.07. The minimum Gasteiger partial charge on any atom is -0.446 e. The molecule has 2 rings (SSSR count). The van der Waals surface area contributed by atoms with Crippen LogP contribution in [-0.2, 0) is 28.8 Å². The molecule has 1 unspecified atom stereocenters. The van der Waals surface area contributed by atoms with E-state index in [1.165, 1.54) is 11.3 Å². The van der Waals surface area contributed by atoms with Crippen molar-refractivity contribution in [1.29, 1.82) is 0 Å². The fourth-order valence-corrected chi connectivity index (χ4v) is 3.59. The van der Waals surface area contributed by atoms with Gasteiger partial charge in [0.05, 0.1) is 23.0 Å². The second-order valence-corrected chi connectivity index (χ2v) is 7.35. The Morgan fingerprint density at radius 3 is 2.67 bits per heavy atom. The predicted octanol–water partition coefficient (Wildman–Crippen LogP) is 1.88. The van der Waals surface area contributed by atoms with Crippen LogP contribution in [-0.4, -0.2) is 39.8 Å². The Balaban J connectivity index is 2.06. The van der Waals surface area contributed by atoms with Crippen molar-refractivity contribution in [3.05, 3.63) is 32.6 Å². The van der Waals surface area contributed by atoms with Gasteiger partial charge in [-0.2, -0.15) is 0 Å². The first-order chi connectivity index (χ1) is 12.9. The summed E-state index contributed by atoms with van der Waals surface area (Å²) in [6, 6.07) is 0. The van der Waals surface area contributed by atoms with Crippen LogP contribution in [0.2, 0.25) is 0 Å². The van der Waals surface area contributed by atoms with Gasteiger partial charge in [-0.3, -0.25) is 4.79 Å². The van der Waals surface area contributed by atoms with Crippen molar-refractivity contribution in [2.24, 2.45) is 5.73 Å². The monoisotopic (exact) mass is 395 g/mol. The van der Waals surface area contributed by atoms with Gasteiger partial charge < -0.3 is 20.1 Å². The number of ether oxygens (including phenoxy) is 1. The van der Waals surface area contributed by atoms with Crippen molar-refractivity contribution in [1.82, 2.24) is 10.1 Å². The van der Waals surface area contributed by atoms with Gasteiger partial charge in [0, 0.05) is 12.0 Å². The Morgan fingerprint density at radius 1 is 1.30 bits per heavy atom. The third-order valence-electron chi connectivity index (χ3n) is 4.18. The van der Waals surface area contributed by atoms with Crippen LogP contribution in [0, 0.1) is 13.8 Å². The van der Waals surface area contributed by atoms with E-state index in [0.29, 0.717) is 17.0 Å². The van der Waals surface area contributed by atoms with Gasteiger partial charge in [-0.1, -0.05) is 18.5 Å². The van der Waals surface area contributed by atoms with E-state index in [4.69, 9.17) is 20.1 Å². The number of nitrogens with zero attached hydrogens (tertiary/aromatic N) is 2. The number of primary amides is 1. The second-order valence-electron chi connectivity index (χ2n) is 6.27. The van der Waals surface area contributed by atoms with Crippen molar-refractivity contribution >= 4 is 23.2 Å². The molecular weight excluding hydrogens is 370 g/mol. The molecule has 0 aliphatic heterocycles. The molecule has 0 bridgehead atoms. The normalized spacial score (nSPS) is 12.1. The number of hydrogen-bond donors (Lipinski definition) is 2. The maximum atomic E-state index is 12.2. The van der Waals surface area contributed by atoms with Crippen molar-refractivity contribution in [2.75, 3.05) is 6.61 Å². The standard InChI is InChI=1S/C18H25N3O5S/c1-4-5-6-13-12(11(3)26-21-13)7-8-15-20-10(2)16(27-15)18(24)25-14(9-22)17(19)23/h14,22H,4-9H2,1-3H3,(H2,19,23). The largest absolute Gasteiger partial charge is 0.446 e. The maximum absolute atomic E-state index is 12.2. The van der Waals surface area contributed by atoms with E-state index in [1.54, 1.807) is 6.92 Å². The zero-order valence-electron chi connectivity index (χ0n) is 15.8. The zero-order valence-corrected chi connectivity index (χ0v) is 16.6. The van der Waals surface area contributed by atoms with E-state index in [0.717, 1.165) is 47.7 Å². The Bertz CT molecular complexity index is 799. The van der Waals surface area contributed by atoms with Gasteiger partial charge >= 0.3 is 5.97 Å². The molecule has 0 fully saturated rings. The van der Waals surface area contributed by atoms with Crippen LogP contribution in [0.1, 0.15) is 57.2 Å². The third-order valence-corrected chi connectivity index (χ3v) is 5.38. The number of esters is 1. The van der Waals surface area contributed by atoms with E-state index in [2.05, 4.69) is 17.1 Å². The van der Waals surface area contributed by atoms with Crippen molar-refractivity contribution in [3.8, 4) is 0 Å². The van der Waals surface area contributed by atoms with E-state index in [9.17, 15) is 9.59 Å². The third kappa shape index (κ3) is 5.36. The Kier molecular flexibility index (Phi) is 7.49. The number of carbonyl (C=O) groups is 2. The van der Waals surface area contributed by atoms with E-state index < -0.39 is 24.6 Å². The van der Waals surface area contributed by atoms with E-state index in [1.807, 2.05) is 6.92 Å². The number of aromatic nitrogens is 2. The molecule has 0 spiro atoms. The van der Waals surface area contributed by atoms with Crippen molar-refractivity contribution in [2.45, 2.75) is 59.0 Å². The Morgan fingerprint density at radius 2 is 2.04 bits per heavy atom. The van der Waals surface area contributed by atoms with Gasteiger partial charge in [0.1, 0.15) is 10.6 Å². The zero-order chi connectivity index (χ0) is 20.0. The first-order valence-electron chi connectivity index (χ1n) is 8.88. The number of hydrogen-bond acceptors (Lipinski definition) is 8. The summed E-state index contributed by atoms with van der Waals surface area (Å²) in [4.78, 5) is 28.1. The van der Waals surface area contributed by atoms with Gasteiger partial charge in [-0.15, -0.1) is 11.3 Å². The van der Waals surface area contributed by atoms with Gasteiger partial charge in [-0.25, -0.2) is 9.78 Å². The van der Waals surface area contributed by atoms with Crippen LogP contribution in [0.3, 0.4) is 0 Å². The number of nitrogens with two attached hydrogens (primary N) is 1. The van der Waals surface area contributed by atoms with Gasteiger partial charge in [0.25, 0.3) is 5.91 Å². The fraction of sp³-hybridized carbons (Fsp3) is 0.556. The molecule has 1 amide bonds. The quantitative estimate of drug-likeness (QED) is 0.588. The summed E-state index contributed by atoms with van der Waals surface area (Å²) in [7, 11) is 0. The summed E-state index contributed by atoms with van der Waals surface area (Å²) >= 11 is 1.21. The molecule has 0 aromatic carbocycles. The molecule has 3 N–H and O–H groups in total. The molecule has 8 nitrogen and oxygen atoms in total. The molecule has 0 aliphatic carbocycles. The van der Waals surface area contributed by atoms with Crippen LogP contribution in [0.4, 0.5) is 0 Å². The molecule has 2 aromatic heterocycles. The van der Waals surface area contributed by atoms with Gasteiger partial charge in [0.15, 0.2) is 0 Å². The fourth-order valence-electron chi connectivity index (χ4n) is 2.65. The molecule has 9 heteroatoms. The highest BCUT2D eigenvalue weighted by atomic mass is 32.1. The number of amides is 1. The number of aryl methyl sites for hydroxylation is 4. The minimum absolute atomic E-state index is 0.304. The number of rotatable bonds is 10. The lowest BCUT2D eigenvalue weighted by Crippen LogP contribution is -2.36.